The molecule has 1 aromatic heterocycles. The summed E-state index contributed by atoms with van der Waals surface area (Å²) in [6.07, 6.45) is 1.39. The van der Waals surface area contributed by atoms with Gasteiger partial charge in [-0.05, 0) is 36.8 Å². The van der Waals surface area contributed by atoms with Crippen LogP contribution in [0.2, 0.25) is 5.02 Å². The monoisotopic (exact) mass is 262 g/mol. The van der Waals surface area contributed by atoms with Gasteiger partial charge in [0.1, 0.15) is 11.4 Å². The van der Waals surface area contributed by atoms with Crippen LogP contribution in [-0.4, -0.2) is 16.0 Å². The van der Waals surface area contributed by atoms with Crippen LogP contribution in [0.15, 0.2) is 36.5 Å². The third kappa shape index (κ3) is 2.78. The lowest BCUT2D eigenvalue weighted by molar-refractivity contribution is 0.102. The highest BCUT2D eigenvalue weighted by atomic mass is 35.5. The second kappa shape index (κ2) is 5.06. The maximum Gasteiger partial charge on any atom is 0.274 e. The van der Waals surface area contributed by atoms with Crippen molar-refractivity contribution in [3.05, 3.63) is 52.8 Å². The molecule has 0 saturated heterocycles. The molecule has 0 saturated carbocycles. The van der Waals surface area contributed by atoms with Crippen LogP contribution >= 0.6 is 11.6 Å². The molecule has 1 aromatic carbocycles. The fourth-order valence-corrected chi connectivity index (χ4v) is 1.56. The second-order valence-electron chi connectivity index (χ2n) is 3.84. The van der Waals surface area contributed by atoms with Crippen LogP contribution in [-0.2, 0) is 0 Å². The number of nitrogens with zero attached hydrogens (tertiary/aromatic N) is 1. The summed E-state index contributed by atoms with van der Waals surface area (Å²) in [6, 6.07) is 8.11. The molecule has 5 heteroatoms. The summed E-state index contributed by atoms with van der Waals surface area (Å²) in [6.45, 7) is 1.85. The number of phenolic OH excluding ortho intramolecular Hbond substituents is 1. The number of hydrogen-bond donors (Lipinski definition) is 2. The zero-order valence-corrected chi connectivity index (χ0v) is 10.4. The molecule has 0 aliphatic rings. The van der Waals surface area contributed by atoms with Crippen molar-refractivity contribution in [2.24, 2.45) is 0 Å². The number of aromatic hydroxyl groups is 1. The highest BCUT2D eigenvalue weighted by Crippen LogP contribution is 2.24. The Morgan fingerprint density at radius 3 is 2.72 bits per heavy atom. The van der Waals surface area contributed by atoms with Crippen LogP contribution in [0.25, 0.3) is 0 Å². The van der Waals surface area contributed by atoms with E-state index in [2.05, 4.69) is 10.3 Å². The third-order valence-electron chi connectivity index (χ3n) is 2.36. The van der Waals surface area contributed by atoms with Gasteiger partial charge in [0, 0.05) is 6.20 Å². The molecule has 1 amide bonds. The van der Waals surface area contributed by atoms with E-state index in [1.165, 1.54) is 12.3 Å². The Morgan fingerprint density at radius 2 is 2.11 bits per heavy atom. The van der Waals surface area contributed by atoms with Crippen LogP contribution < -0.4 is 5.32 Å². The van der Waals surface area contributed by atoms with Crippen molar-refractivity contribution in [3.8, 4) is 5.75 Å². The van der Waals surface area contributed by atoms with E-state index >= 15 is 0 Å². The van der Waals surface area contributed by atoms with Gasteiger partial charge in [-0.15, -0.1) is 0 Å². The molecule has 2 rings (SSSR count). The number of nitrogens with one attached hydrogen (secondary N) is 1. The number of carbonyl (C=O) groups is 1. The Balaban J connectivity index is 2.18. The molecule has 0 radical (unpaired) electrons. The van der Waals surface area contributed by atoms with Crippen molar-refractivity contribution in [3.63, 3.8) is 0 Å². The predicted octanol–water partition coefficient (Wildman–Crippen LogP) is 3.00. The van der Waals surface area contributed by atoms with E-state index in [0.29, 0.717) is 10.7 Å². The first kappa shape index (κ1) is 12.4. The summed E-state index contributed by atoms with van der Waals surface area (Å²) in [7, 11) is 0. The molecule has 1 heterocycles. The van der Waals surface area contributed by atoms with E-state index in [4.69, 9.17) is 11.6 Å². The van der Waals surface area contributed by atoms with Gasteiger partial charge in [0.25, 0.3) is 5.91 Å². The van der Waals surface area contributed by atoms with Crippen molar-refractivity contribution in [2.75, 3.05) is 5.32 Å². The number of rotatable bonds is 2. The number of hydrogen-bond acceptors (Lipinski definition) is 3. The summed E-state index contributed by atoms with van der Waals surface area (Å²) in [5, 5.41) is 12.7. The minimum atomic E-state index is -0.397. The highest BCUT2D eigenvalue weighted by Gasteiger charge is 2.09. The third-order valence-corrected chi connectivity index (χ3v) is 2.59. The molecule has 18 heavy (non-hydrogen) atoms. The van der Waals surface area contributed by atoms with E-state index in [0.717, 1.165) is 5.56 Å². The average Bonchev–Trinajstić information content (AvgIpc) is 2.33. The first-order valence-electron chi connectivity index (χ1n) is 5.29. The molecule has 0 atom stereocenters. The molecule has 0 aliphatic heterocycles. The van der Waals surface area contributed by atoms with Gasteiger partial charge in [-0.2, -0.15) is 0 Å². The van der Waals surface area contributed by atoms with Crippen molar-refractivity contribution in [1.29, 1.82) is 0 Å². The van der Waals surface area contributed by atoms with Crippen LogP contribution in [0.3, 0.4) is 0 Å². The lowest BCUT2D eigenvalue weighted by atomic mass is 10.2. The Bertz CT molecular complexity index is 582. The molecule has 0 spiro atoms. The average molecular weight is 263 g/mol. The molecule has 0 fully saturated rings. The normalized spacial score (nSPS) is 10.1. The van der Waals surface area contributed by atoms with E-state index in [-0.39, 0.29) is 11.4 Å². The zero-order valence-electron chi connectivity index (χ0n) is 9.64. The van der Waals surface area contributed by atoms with Gasteiger partial charge in [-0.1, -0.05) is 17.7 Å². The number of benzene rings is 1. The highest BCUT2D eigenvalue weighted by molar-refractivity contribution is 6.30. The molecule has 0 aliphatic carbocycles. The maximum atomic E-state index is 11.8. The van der Waals surface area contributed by atoms with Crippen molar-refractivity contribution in [1.82, 2.24) is 4.98 Å². The summed E-state index contributed by atoms with van der Waals surface area (Å²) >= 11 is 5.68. The standard InChI is InChI=1S/C13H11ClN2O2/c1-8-2-4-10(12(17)6-8)16-13(18)11-5-3-9(14)7-15-11/h2-7,17H,1H3,(H,16,18). The van der Waals surface area contributed by atoms with Crippen LogP contribution in [0.5, 0.6) is 5.75 Å². The SMILES string of the molecule is Cc1ccc(NC(=O)c2ccc(Cl)cn2)c(O)c1. The predicted molar refractivity (Wildman–Crippen MR) is 70.0 cm³/mol. The molecule has 2 aromatic rings. The van der Waals surface area contributed by atoms with Crippen molar-refractivity contribution < 1.29 is 9.90 Å². The fourth-order valence-electron chi connectivity index (χ4n) is 1.44. The molecule has 0 unspecified atom stereocenters. The summed E-state index contributed by atoms with van der Waals surface area (Å²) < 4.78 is 0. The molecular weight excluding hydrogens is 252 g/mol. The Morgan fingerprint density at radius 1 is 1.33 bits per heavy atom. The van der Waals surface area contributed by atoms with E-state index in [9.17, 15) is 9.90 Å². The molecular formula is C13H11ClN2O2. The quantitative estimate of drug-likeness (QED) is 0.818. The number of anilines is 1. The number of halogens is 1. The second-order valence-corrected chi connectivity index (χ2v) is 4.27. The Kier molecular flexibility index (Phi) is 3.48. The molecule has 0 bridgehead atoms. The van der Waals surface area contributed by atoms with Crippen LogP contribution in [0, 0.1) is 6.92 Å². The van der Waals surface area contributed by atoms with Gasteiger partial charge < -0.3 is 10.4 Å². The molecule has 4 nitrogen and oxygen atoms in total. The largest absolute Gasteiger partial charge is 0.506 e. The number of pyridine rings is 1. The van der Waals surface area contributed by atoms with Crippen LogP contribution in [0.1, 0.15) is 16.1 Å². The maximum absolute atomic E-state index is 11.8. The van der Waals surface area contributed by atoms with E-state index in [1.807, 2.05) is 6.92 Å². The van der Waals surface area contributed by atoms with Crippen LogP contribution in [0.4, 0.5) is 5.69 Å². The minimum absolute atomic E-state index is 0.0253. The number of aromatic nitrogens is 1. The first-order chi connectivity index (χ1) is 8.56. The molecule has 92 valence electrons. The van der Waals surface area contributed by atoms with Crippen molar-refractivity contribution in [2.45, 2.75) is 6.92 Å². The summed E-state index contributed by atoms with van der Waals surface area (Å²) in [5.41, 5.74) is 1.50. The van der Waals surface area contributed by atoms with Gasteiger partial charge >= 0.3 is 0 Å². The smallest absolute Gasteiger partial charge is 0.274 e. The van der Waals surface area contributed by atoms with Gasteiger partial charge in [-0.25, -0.2) is 4.98 Å². The summed E-state index contributed by atoms with van der Waals surface area (Å²) in [4.78, 5) is 15.7. The fraction of sp³-hybridized carbons (Fsp3) is 0.0769. The van der Waals surface area contributed by atoms with Crippen molar-refractivity contribution >= 4 is 23.2 Å². The van der Waals surface area contributed by atoms with E-state index < -0.39 is 5.91 Å². The first-order valence-corrected chi connectivity index (χ1v) is 5.66. The van der Waals surface area contributed by atoms with E-state index in [1.54, 1.807) is 24.3 Å². The number of carbonyl (C=O) groups excluding carboxylic acids is 1. The number of phenols is 1. The van der Waals surface area contributed by atoms with Gasteiger partial charge in [0.05, 0.1) is 10.7 Å². The molecule has 2 N–H and O–H groups in total. The topological polar surface area (TPSA) is 62.2 Å². The summed E-state index contributed by atoms with van der Waals surface area (Å²) in [5.74, 6) is -0.372. The Labute approximate surface area is 109 Å². The lowest BCUT2D eigenvalue weighted by Gasteiger charge is -2.07. The van der Waals surface area contributed by atoms with Gasteiger partial charge in [0.2, 0.25) is 0 Å². The lowest BCUT2D eigenvalue weighted by Crippen LogP contribution is -2.13. The number of aryl methyl sites for hydroxylation is 1. The van der Waals surface area contributed by atoms with Gasteiger partial charge in [0.15, 0.2) is 0 Å². The van der Waals surface area contributed by atoms with Gasteiger partial charge in [-0.3, -0.25) is 4.79 Å². The minimum Gasteiger partial charge on any atom is -0.506 e. The zero-order chi connectivity index (χ0) is 13.1. The number of amides is 1. The Hall–Kier alpha value is -2.07.